The molecule has 0 radical (unpaired) electrons. The molecule has 0 saturated heterocycles. The van der Waals surface area contributed by atoms with Crippen molar-refractivity contribution in [1.82, 2.24) is 0 Å². The fraction of sp³-hybridized carbons (Fsp3) is 0.231. The fourth-order valence-electron chi connectivity index (χ4n) is 1.50. The Morgan fingerprint density at radius 1 is 1.18 bits per heavy atom. The molecule has 2 aromatic rings. The van der Waals surface area contributed by atoms with E-state index in [1.165, 1.54) is 14.6 Å². The molecule has 0 spiro atoms. The molecule has 2 nitrogen and oxygen atoms in total. The van der Waals surface area contributed by atoms with Gasteiger partial charge in [-0.1, -0.05) is 12.1 Å². The highest BCUT2D eigenvalue weighted by Gasteiger charge is 2.03. The summed E-state index contributed by atoms with van der Waals surface area (Å²) in [5.41, 5.74) is 5.58. The van der Waals surface area contributed by atoms with E-state index >= 15 is 0 Å². The highest BCUT2D eigenvalue weighted by molar-refractivity contribution is 7.98. The molecule has 0 aliphatic heterocycles. The van der Waals surface area contributed by atoms with Gasteiger partial charge in [0.15, 0.2) is 0 Å². The molecule has 0 bridgehead atoms. The molecule has 17 heavy (non-hydrogen) atoms. The maximum atomic E-state index is 5.82. The number of para-hydroxylation sites is 1. The van der Waals surface area contributed by atoms with Gasteiger partial charge in [0.25, 0.3) is 0 Å². The quantitative estimate of drug-likeness (QED) is 0.840. The lowest BCUT2D eigenvalue weighted by molar-refractivity contribution is 0.302. The van der Waals surface area contributed by atoms with Crippen LogP contribution < -0.4 is 10.5 Å². The number of thiophene rings is 1. The van der Waals surface area contributed by atoms with Crippen molar-refractivity contribution in [2.45, 2.75) is 18.0 Å². The predicted octanol–water partition coefficient (Wildman–Crippen LogP) is 3.51. The number of hydrogen-bond acceptors (Lipinski definition) is 4. The van der Waals surface area contributed by atoms with Crippen LogP contribution in [0.3, 0.4) is 0 Å². The topological polar surface area (TPSA) is 35.2 Å². The molecule has 0 fully saturated rings. The van der Waals surface area contributed by atoms with E-state index in [1.54, 1.807) is 23.1 Å². The molecular formula is C13H15NOS2. The molecule has 1 aromatic heterocycles. The van der Waals surface area contributed by atoms with Gasteiger partial charge >= 0.3 is 0 Å². The summed E-state index contributed by atoms with van der Waals surface area (Å²) in [6.45, 7) is 1.22. The van der Waals surface area contributed by atoms with Crippen LogP contribution in [0.2, 0.25) is 0 Å². The summed E-state index contributed by atoms with van der Waals surface area (Å²) in [6, 6.07) is 12.2. The highest BCUT2D eigenvalue weighted by Crippen LogP contribution is 2.28. The zero-order valence-electron chi connectivity index (χ0n) is 9.68. The van der Waals surface area contributed by atoms with Gasteiger partial charge in [-0.05, 0) is 30.5 Å². The maximum Gasteiger partial charge on any atom is 0.133 e. The second-order valence-electron chi connectivity index (χ2n) is 3.51. The van der Waals surface area contributed by atoms with Crippen molar-refractivity contribution in [3.8, 4) is 5.75 Å². The molecule has 0 amide bonds. The van der Waals surface area contributed by atoms with Crippen LogP contribution in [0.1, 0.15) is 9.75 Å². The Morgan fingerprint density at radius 2 is 1.94 bits per heavy atom. The Morgan fingerprint density at radius 3 is 2.65 bits per heavy atom. The van der Waals surface area contributed by atoms with E-state index in [9.17, 15) is 0 Å². The number of hydrogen-bond donors (Lipinski definition) is 1. The smallest absolute Gasteiger partial charge is 0.133 e. The standard InChI is InChI=1S/C13H15NOS2/c1-16-13-5-3-2-4-12(13)15-9-11-7-6-10(8-14)17-11/h2-7H,8-9,14H2,1H3. The van der Waals surface area contributed by atoms with Crippen LogP contribution in [0, 0.1) is 0 Å². The van der Waals surface area contributed by atoms with Crippen molar-refractivity contribution in [2.24, 2.45) is 5.73 Å². The molecule has 2 N–H and O–H groups in total. The molecular weight excluding hydrogens is 250 g/mol. The summed E-state index contributed by atoms with van der Waals surface area (Å²) in [4.78, 5) is 3.58. The normalized spacial score (nSPS) is 10.5. The summed E-state index contributed by atoms with van der Waals surface area (Å²) in [6.07, 6.45) is 2.06. The van der Waals surface area contributed by atoms with Crippen molar-refractivity contribution in [2.75, 3.05) is 6.26 Å². The van der Waals surface area contributed by atoms with Crippen molar-refractivity contribution in [1.29, 1.82) is 0 Å². The Hall–Kier alpha value is -0.970. The van der Waals surface area contributed by atoms with Crippen LogP contribution in [0.25, 0.3) is 0 Å². The fourth-order valence-corrected chi connectivity index (χ4v) is 2.85. The van der Waals surface area contributed by atoms with Crippen molar-refractivity contribution in [3.05, 3.63) is 46.2 Å². The number of ether oxygens (including phenoxy) is 1. The van der Waals surface area contributed by atoms with E-state index in [-0.39, 0.29) is 0 Å². The minimum Gasteiger partial charge on any atom is -0.487 e. The van der Waals surface area contributed by atoms with E-state index < -0.39 is 0 Å². The number of benzene rings is 1. The highest BCUT2D eigenvalue weighted by atomic mass is 32.2. The zero-order valence-corrected chi connectivity index (χ0v) is 11.3. The number of nitrogens with two attached hydrogens (primary N) is 1. The molecule has 2 rings (SSSR count). The minimum absolute atomic E-state index is 0.603. The van der Waals surface area contributed by atoms with Gasteiger partial charge in [-0.3, -0.25) is 0 Å². The van der Waals surface area contributed by atoms with E-state index in [0.29, 0.717) is 13.2 Å². The van der Waals surface area contributed by atoms with Crippen molar-refractivity contribution < 1.29 is 4.74 Å². The first-order valence-corrected chi connectivity index (χ1v) is 7.41. The van der Waals surface area contributed by atoms with Crippen LogP contribution in [-0.2, 0) is 13.2 Å². The van der Waals surface area contributed by atoms with Crippen LogP contribution in [0.15, 0.2) is 41.3 Å². The maximum absolute atomic E-state index is 5.82. The summed E-state index contributed by atoms with van der Waals surface area (Å²) < 4.78 is 5.82. The van der Waals surface area contributed by atoms with Crippen LogP contribution in [-0.4, -0.2) is 6.26 Å². The van der Waals surface area contributed by atoms with E-state index in [2.05, 4.69) is 24.5 Å². The lowest BCUT2D eigenvalue weighted by Crippen LogP contribution is -1.94. The lowest BCUT2D eigenvalue weighted by Gasteiger charge is -2.08. The van der Waals surface area contributed by atoms with Gasteiger partial charge in [0.2, 0.25) is 0 Å². The molecule has 4 heteroatoms. The third-order valence-corrected chi connectivity index (χ3v) is 4.22. The third-order valence-electron chi connectivity index (χ3n) is 2.36. The Kier molecular flexibility index (Phi) is 4.48. The molecule has 1 aromatic carbocycles. The van der Waals surface area contributed by atoms with Gasteiger partial charge in [0, 0.05) is 21.2 Å². The predicted molar refractivity (Wildman–Crippen MR) is 74.8 cm³/mol. The molecule has 0 aliphatic carbocycles. The van der Waals surface area contributed by atoms with Gasteiger partial charge in [0.05, 0.1) is 0 Å². The van der Waals surface area contributed by atoms with E-state index in [1.807, 2.05) is 18.2 Å². The van der Waals surface area contributed by atoms with Crippen molar-refractivity contribution in [3.63, 3.8) is 0 Å². The largest absolute Gasteiger partial charge is 0.487 e. The molecule has 0 saturated carbocycles. The lowest BCUT2D eigenvalue weighted by atomic mass is 10.3. The van der Waals surface area contributed by atoms with Gasteiger partial charge in [-0.25, -0.2) is 0 Å². The Balaban J connectivity index is 2.01. The Labute approximate surface area is 110 Å². The van der Waals surface area contributed by atoms with Gasteiger partial charge in [-0.15, -0.1) is 23.1 Å². The first-order chi connectivity index (χ1) is 8.33. The van der Waals surface area contributed by atoms with Crippen molar-refractivity contribution >= 4 is 23.1 Å². The number of thioether (sulfide) groups is 1. The SMILES string of the molecule is CSc1ccccc1OCc1ccc(CN)s1. The molecule has 1 heterocycles. The minimum atomic E-state index is 0.603. The second-order valence-corrected chi connectivity index (χ2v) is 5.61. The number of rotatable bonds is 5. The van der Waals surface area contributed by atoms with Gasteiger partial charge < -0.3 is 10.5 Å². The average molecular weight is 265 g/mol. The Bertz CT molecular complexity index is 482. The van der Waals surface area contributed by atoms with Gasteiger partial charge in [0.1, 0.15) is 12.4 Å². The van der Waals surface area contributed by atoms with Crippen LogP contribution in [0.4, 0.5) is 0 Å². The molecule has 0 aliphatic rings. The first-order valence-electron chi connectivity index (χ1n) is 5.37. The summed E-state index contributed by atoms with van der Waals surface area (Å²) in [7, 11) is 0. The molecule has 0 unspecified atom stereocenters. The molecule has 0 atom stereocenters. The van der Waals surface area contributed by atoms with E-state index in [0.717, 1.165) is 5.75 Å². The summed E-state index contributed by atoms with van der Waals surface area (Å²) in [5, 5.41) is 0. The average Bonchev–Trinajstić information content (AvgIpc) is 2.84. The van der Waals surface area contributed by atoms with Gasteiger partial charge in [-0.2, -0.15) is 0 Å². The summed E-state index contributed by atoms with van der Waals surface area (Å²) in [5.74, 6) is 0.947. The van der Waals surface area contributed by atoms with Crippen LogP contribution in [0.5, 0.6) is 5.75 Å². The summed E-state index contributed by atoms with van der Waals surface area (Å²) >= 11 is 3.41. The zero-order chi connectivity index (χ0) is 12.1. The van der Waals surface area contributed by atoms with Crippen LogP contribution >= 0.6 is 23.1 Å². The first kappa shape index (κ1) is 12.5. The second kappa shape index (κ2) is 6.10. The van der Waals surface area contributed by atoms with E-state index in [4.69, 9.17) is 10.5 Å². The monoisotopic (exact) mass is 265 g/mol. The third kappa shape index (κ3) is 3.25. The molecule has 90 valence electrons.